The highest BCUT2D eigenvalue weighted by atomic mass is 16.5. The highest BCUT2D eigenvalue weighted by Crippen LogP contribution is 2.29. The molecule has 0 heterocycles. The molecule has 2 rings (SSSR count). The van der Waals surface area contributed by atoms with Gasteiger partial charge in [-0.05, 0) is 30.7 Å². The van der Waals surface area contributed by atoms with Crippen molar-refractivity contribution >= 4 is 11.6 Å². The van der Waals surface area contributed by atoms with Gasteiger partial charge < -0.3 is 15.8 Å². The van der Waals surface area contributed by atoms with Crippen LogP contribution in [0.2, 0.25) is 0 Å². The smallest absolute Gasteiger partial charge is 0.241 e. The third-order valence-electron chi connectivity index (χ3n) is 2.89. The summed E-state index contributed by atoms with van der Waals surface area (Å²) in [6.07, 6.45) is 0.591. The lowest BCUT2D eigenvalue weighted by atomic mass is 10.2. The third-order valence-corrected chi connectivity index (χ3v) is 2.89. The number of para-hydroxylation sites is 3. The Bertz CT molecular complexity index is 570. The summed E-state index contributed by atoms with van der Waals surface area (Å²) in [7, 11) is 0. The van der Waals surface area contributed by atoms with Crippen molar-refractivity contribution in [2.45, 2.75) is 19.4 Å². The highest BCUT2D eigenvalue weighted by Gasteiger charge is 2.13. The van der Waals surface area contributed by atoms with Crippen molar-refractivity contribution in [2.24, 2.45) is 5.73 Å². The lowest BCUT2D eigenvalue weighted by Crippen LogP contribution is -2.34. The minimum Gasteiger partial charge on any atom is -0.455 e. The summed E-state index contributed by atoms with van der Waals surface area (Å²) in [5, 5.41) is 2.79. The van der Waals surface area contributed by atoms with Crippen LogP contribution in [0.15, 0.2) is 54.6 Å². The van der Waals surface area contributed by atoms with Crippen LogP contribution in [0, 0.1) is 0 Å². The fourth-order valence-corrected chi connectivity index (χ4v) is 1.69. The lowest BCUT2D eigenvalue weighted by Gasteiger charge is -2.14. The molecule has 104 valence electrons. The number of carbonyl (C=O) groups is 1. The SMILES string of the molecule is CC[C@H](N)C(=O)Nc1ccccc1Oc1ccccc1. The van der Waals surface area contributed by atoms with Gasteiger partial charge in [-0.3, -0.25) is 4.79 Å². The molecule has 0 unspecified atom stereocenters. The van der Waals surface area contributed by atoms with E-state index in [0.717, 1.165) is 0 Å². The maximum Gasteiger partial charge on any atom is 0.241 e. The van der Waals surface area contributed by atoms with Gasteiger partial charge in [0.1, 0.15) is 5.75 Å². The molecular formula is C16H18N2O2. The molecule has 0 fully saturated rings. The van der Waals surface area contributed by atoms with Crippen molar-refractivity contribution in [3.8, 4) is 11.5 Å². The van der Waals surface area contributed by atoms with Gasteiger partial charge >= 0.3 is 0 Å². The Morgan fingerprint density at radius 3 is 2.50 bits per heavy atom. The molecule has 0 saturated carbocycles. The first kappa shape index (κ1) is 14.1. The minimum atomic E-state index is -0.514. The van der Waals surface area contributed by atoms with Gasteiger partial charge in [0.2, 0.25) is 5.91 Å². The van der Waals surface area contributed by atoms with Gasteiger partial charge in [0.25, 0.3) is 0 Å². The second-order valence-electron chi connectivity index (χ2n) is 4.42. The van der Waals surface area contributed by atoms with E-state index < -0.39 is 6.04 Å². The van der Waals surface area contributed by atoms with Crippen molar-refractivity contribution in [2.75, 3.05) is 5.32 Å². The Kier molecular flexibility index (Phi) is 4.74. The number of carbonyl (C=O) groups excluding carboxylic acids is 1. The Hall–Kier alpha value is -2.33. The van der Waals surface area contributed by atoms with Crippen LogP contribution >= 0.6 is 0 Å². The predicted molar refractivity (Wildman–Crippen MR) is 79.9 cm³/mol. The molecule has 0 radical (unpaired) electrons. The average Bonchev–Trinajstić information content (AvgIpc) is 2.49. The molecule has 4 nitrogen and oxygen atoms in total. The molecule has 2 aromatic carbocycles. The van der Waals surface area contributed by atoms with Crippen molar-refractivity contribution in [1.29, 1.82) is 0 Å². The molecule has 0 aliphatic rings. The van der Waals surface area contributed by atoms with Gasteiger partial charge in [0, 0.05) is 0 Å². The molecule has 1 atom stereocenters. The quantitative estimate of drug-likeness (QED) is 0.877. The number of hydrogen-bond donors (Lipinski definition) is 2. The molecular weight excluding hydrogens is 252 g/mol. The van der Waals surface area contributed by atoms with Crippen molar-refractivity contribution < 1.29 is 9.53 Å². The molecule has 1 amide bonds. The number of nitrogens with two attached hydrogens (primary N) is 1. The normalized spacial score (nSPS) is 11.7. The number of anilines is 1. The Labute approximate surface area is 118 Å². The number of hydrogen-bond acceptors (Lipinski definition) is 3. The summed E-state index contributed by atoms with van der Waals surface area (Å²) in [6, 6.07) is 16.2. The largest absolute Gasteiger partial charge is 0.455 e. The standard InChI is InChI=1S/C16H18N2O2/c1-2-13(17)16(19)18-14-10-6-7-11-15(14)20-12-8-4-3-5-9-12/h3-11,13H,2,17H2,1H3,(H,18,19)/t13-/m0/s1. The van der Waals surface area contributed by atoms with E-state index in [0.29, 0.717) is 23.6 Å². The molecule has 0 saturated heterocycles. The number of ether oxygens (including phenoxy) is 1. The first-order valence-corrected chi connectivity index (χ1v) is 6.59. The van der Waals surface area contributed by atoms with Crippen LogP contribution in [0.25, 0.3) is 0 Å². The zero-order valence-corrected chi connectivity index (χ0v) is 11.4. The summed E-state index contributed by atoms with van der Waals surface area (Å²) in [4.78, 5) is 11.9. The number of benzene rings is 2. The van der Waals surface area contributed by atoms with E-state index in [1.54, 1.807) is 12.1 Å². The second kappa shape index (κ2) is 6.73. The Balaban J connectivity index is 2.16. The van der Waals surface area contributed by atoms with Crippen molar-refractivity contribution in [1.82, 2.24) is 0 Å². The predicted octanol–water partition coefficient (Wildman–Crippen LogP) is 3.15. The third kappa shape index (κ3) is 3.59. The monoisotopic (exact) mass is 270 g/mol. The summed E-state index contributed by atoms with van der Waals surface area (Å²) in [5.74, 6) is 1.10. The highest BCUT2D eigenvalue weighted by molar-refractivity contribution is 5.95. The van der Waals surface area contributed by atoms with Crippen LogP contribution in [0.3, 0.4) is 0 Å². The number of nitrogens with one attached hydrogen (secondary N) is 1. The van der Waals surface area contributed by atoms with Gasteiger partial charge in [-0.15, -0.1) is 0 Å². The summed E-state index contributed by atoms with van der Waals surface area (Å²) < 4.78 is 5.77. The molecule has 0 aromatic heterocycles. The van der Waals surface area contributed by atoms with E-state index in [4.69, 9.17) is 10.5 Å². The van der Waals surface area contributed by atoms with E-state index in [1.807, 2.05) is 49.4 Å². The second-order valence-corrected chi connectivity index (χ2v) is 4.42. The molecule has 3 N–H and O–H groups in total. The van der Waals surface area contributed by atoms with E-state index in [-0.39, 0.29) is 5.91 Å². The van der Waals surface area contributed by atoms with Crippen LogP contribution in [-0.2, 0) is 4.79 Å². The van der Waals surface area contributed by atoms with E-state index in [2.05, 4.69) is 5.32 Å². The van der Waals surface area contributed by atoms with E-state index >= 15 is 0 Å². The van der Waals surface area contributed by atoms with Gasteiger partial charge in [-0.2, -0.15) is 0 Å². The number of rotatable bonds is 5. The van der Waals surface area contributed by atoms with Gasteiger partial charge in [0.05, 0.1) is 11.7 Å². The topological polar surface area (TPSA) is 64.4 Å². The lowest BCUT2D eigenvalue weighted by molar-refractivity contribution is -0.117. The van der Waals surface area contributed by atoms with Crippen LogP contribution in [0.4, 0.5) is 5.69 Å². The van der Waals surface area contributed by atoms with Crippen molar-refractivity contribution in [3.05, 3.63) is 54.6 Å². The summed E-state index contributed by atoms with van der Waals surface area (Å²) in [6.45, 7) is 1.87. The summed E-state index contributed by atoms with van der Waals surface area (Å²) in [5.41, 5.74) is 6.33. The molecule has 0 bridgehead atoms. The maximum absolute atomic E-state index is 11.9. The molecule has 4 heteroatoms. The first-order chi connectivity index (χ1) is 9.70. The molecule has 2 aromatic rings. The molecule has 0 spiro atoms. The number of amides is 1. The van der Waals surface area contributed by atoms with Crippen LogP contribution in [-0.4, -0.2) is 11.9 Å². The van der Waals surface area contributed by atoms with E-state index in [9.17, 15) is 4.79 Å². The van der Waals surface area contributed by atoms with E-state index in [1.165, 1.54) is 0 Å². The average molecular weight is 270 g/mol. The fourth-order valence-electron chi connectivity index (χ4n) is 1.69. The zero-order chi connectivity index (χ0) is 14.4. The Morgan fingerprint density at radius 1 is 1.15 bits per heavy atom. The van der Waals surface area contributed by atoms with Crippen LogP contribution in [0.1, 0.15) is 13.3 Å². The fraction of sp³-hybridized carbons (Fsp3) is 0.188. The maximum atomic E-state index is 11.9. The molecule has 0 aliphatic carbocycles. The molecule has 0 aliphatic heterocycles. The Morgan fingerprint density at radius 2 is 1.80 bits per heavy atom. The summed E-state index contributed by atoms with van der Waals surface area (Å²) >= 11 is 0. The van der Waals surface area contributed by atoms with Crippen LogP contribution in [0.5, 0.6) is 11.5 Å². The van der Waals surface area contributed by atoms with Gasteiger partial charge in [0.15, 0.2) is 5.75 Å². The minimum absolute atomic E-state index is 0.211. The van der Waals surface area contributed by atoms with Gasteiger partial charge in [-0.25, -0.2) is 0 Å². The van der Waals surface area contributed by atoms with Gasteiger partial charge in [-0.1, -0.05) is 37.3 Å². The van der Waals surface area contributed by atoms with Crippen LogP contribution < -0.4 is 15.8 Å². The van der Waals surface area contributed by atoms with Crippen molar-refractivity contribution in [3.63, 3.8) is 0 Å². The first-order valence-electron chi connectivity index (χ1n) is 6.59. The zero-order valence-electron chi connectivity index (χ0n) is 11.4. The molecule has 20 heavy (non-hydrogen) atoms.